The van der Waals surface area contributed by atoms with Crippen molar-refractivity contribution in [1.82, 2.24) is 14.2 Å². The Kier molecular flexibility index (Phi) is 6.59. The van der Waals surface area contributed by atoms with Gasteiger partial charge in [-0.1, -0.05) is 12.1 Å². The maximum Gasteiger partial charge on any atom is 0.243 e. The summed E-state index contributed by atoms with van der Waals surface area (Å²) in [5.74, 6) is 0.607. The molecule has 9 heteroatoms. The molecule has 180 valence electrons. The molecule has 0 aliphatic carbocycles. The van der Waals surface area contributed by atoms with Crippen LogP contribution in [0.1, 0.15) is 43.2 Å². The molecule has 0 radical (unpaired) electrons. The fourth-order valence-electron chi connectivity index (χ4n) is 4.96. The molecule has 3 aromatic rings. The fourth-order valence-corrected chi connectivity index (χ4v) is 7.54. The van der Waals surface area contributed by atoms with E-state index in [1.165, 1.54) is 4.31 Å². The van der Waals surface area contributed by atoms with Crippen LogP contribution in [0, 0.1) is 5.92 Å². The number of thiazole rings is 1. The molecule has 1 aromatic heterocycles. The van der Waals surface area contributed by atoms with E-state index >= 15 is 0 Å². The van der Waals surface area contributed by atoms with Gasteiger partial charge in [0.2, 0.25) is 15.9 Å². The van der Waals surface area contributed by atoms with Crippen LogP contribution in [0.15, 0.2) is 53.4 Å². The Hall–Kier alpha value is -2.49. The largest absolute Gasteiger partial charge is 0.497 e. The lowest BCUT2D eigenvalue weighted by Gasteiger charge is -2.39. The fraction of sp³-hybridized carbons (Fsp3) is 0.440. The summed E-state index contributed by atoms with van der Waals surface area (Å²) < 4.78 is 33.9. The second-order valence-electron chi connectivity index (χ2n) is 8.92. The average molecular weight is 500 g/mol. The molecule has 0 N–H and O–H groups in total. The van der Waals surface area contributed by atoms with Gasteiger partial charge in [0.05, 0.1) is 28.3 Å². The zero-order valence-electron chi connectivity index (χ0n) is 19.2. The summed E-state index contributed by atoms with van der Waals surface area (Å²) in [7, 11) is -2.03. The summed E-state index contributed by atoms with van der Waals surface area (Å²) in [6.45, 7) is 1.44. The SMILES string of the molecule is COc1ccc(S(=O)(=O)N2CCC(C(=O)N3CCCCC3c3nc4ccccc4s3)CC2)cc1. The number of nitrogens with zero attached hydrogens (tertiary/aromatic N) is 3. The minimum absolute atomic E-state index is 0.0136. The lowest BCUT2D eigenvalue weighted by molar-refractivity contribution is -0.140. The number of hydrogen-bond donors (Lipinski definition) is 0. The lowest BCUT2D eigenvalue weighted by atomic mass is 9.93. The number of methoxy groups -OCH3 is 1. The zero-order chi connectivity index (χ0) is 23.7. The molecule has 7 nitrogen and oxygen atoms in total. The van der Waals surface area contributed by atoms with Gasteiger partial charge in [0.15, 0.2) is 0 Å². The van der Waals surface area contributed by atoms with E-state index in [1.54, 1.807) is 42.7 Å². The molecule has 0 saturated carbocycles. The Morgan fingerprint density at radius 1 is 1.00 bits per heavy atom. The van der Waals surface area contributed by atoms with E-state index in [0.29, 0.717) is 31.7 Å². The highest BCUT2D eigenvalue weighted by Gasteiger charge is 2.37. The van der Waals surface area contributed by atoms with Crippen molar-refractivity contribution in [3.8, 4) is 5.75 Å². The van der Waals surface area contributed by atoms with Crippen LogP contribution >= 0.6 is 11.3 Å². The number of fused-ring (bicyclic) bond motifs is 1. The number of hydrogen-bond acceptors (Lipinski definition) is 6. The molecule has 1 amide bonds. The van der Waals surface area contributed by atoms with E-state index in [4.69, 9.17) is 9.72 Å². The molecular formula is C25H29N3O4S2. The van der Waals surface area contributed by atoms with Crippen molar-refractivity contribution in [3.63, 3.8) is 0 Å². The molecule has 34 heavy (non-hydrogen) atoms. The Morgan fingerprint density at radius 3 is 2.44 bits per heavy atom. The summed E-state index contributed by atoms with van der Waals surface area (Å²) >= 11 is 1.67. The molecular weight excluding hydrogens is 470 g/mol. The van der Waals surface area contributed by atoms with Crippen LogP contribution in [-0.4, -0.2) is 55.3 Å². The highest BCUT2D eigenvalue weighted by molar-refractivity contribution is 7.89. The van der Waals surface area contributed by atoms with Gasteiger partial charge >= 0.3 is 0 Å². The number of amides is 1. The molecule has 2 saturated heterocycles. The first-order chi connectivity index (χ1) is 16.5. The second-order valence-corrected chi connectivity index (χ2v) is 11.9. The van der Waals surface area contributed by atoms with Gasteiger partial charge < -0.3 is 9.64 Å². The average Bonchev–Trinajstić information content (AvgIpc) is 3.33. The summed E-state index contributed by atoms with van der Waals surface area (Å²) in [6, 6.07) is 14.6. The van der Waals surface area contributed by atoms with Crippen LogP contribution in [0.4, 0.5) is 0 Å². The van der Waals surface area contributed by atoms with Crippen molar-refractivity contribution in [1.29, 1.82) is 0 Å². The Bertz CT molecular complexity index is 1230. The minimum Gasteiger partial charge on any atom is -0.497 e. The van der Waals surface area contributed by atoms with Gasteiger partial charge in [-0.15, -0.1) is 11.3 Å². The molecule has 2 aliphatic rings. The number of likely N-dealkylation sites (tertiary alicyclic amines) is 1. The third-order valence-corrected chi connectivity index (χ3v) is 9.93. The van der Waals surface area contributed by atoms with Crippen molar-refractivity contribution < 1.29 is 17.9 Å². The lowest BCUT2D eigenvalue weighted by Crippen LogP contribution is -2.46. The number of para-hydroxylation sites is 1. The number of piperidine rings is 2. The van der Waals surface area contributed by atoms with Gasteiger partial charge in [0.1, 0.15) is 10.8 Å². The number of ether oxygens (including phenoxy) is 1. The standard InChI is InChI=1S/C25H29N3O4S2/c1-32-19-9-11-20(12-10-19)34(30,31)27-16-13-18(14-17-27)25(29)28-15-5-4-7-22(28)24-26-21-6-2-3-8-23(21)33-24/h2-3,6,8-12,18,22H,4-5,7,13-17H2,1H3. The van der Waals surface area contributed by atoms with Crippen molar-refractivity contribution in [2.24, 2.45) is 5.92 Å². The monoisotopic (exact) mass is 499 g/mol. The van der Waals surface area contributed by atoms with Crippen LogP contribution in [0.25, 0.3) is 10.2 Å². The molecule has 5 rings (SSSR count). The summed E-state index contributed by atoms with van der Waals surface area (Å²) in [5.41, 5.74) is 0.984. The van der Waals surface area contributed by atoms with Crippen LogP contribution in [0.5, 0.6) is 5.75 Å². The Balaban J connectivity index is 1.27. The van der Waals surface area contributed by atoms with E-state index < -0.39 is 10.0 Å². The molecule has 2 fully saturated rings. The van der Waals surface area contributed by atoms with Crippen LogP contribution in [0.3, 0.4) is 0 Å². The molecule has 0 spiro atoms. The van der Waals surface area contributed by atoms with Gasteiger partial charge in [-0.2, -0.15) is 4.31 Å². The molecule has 3 heterocycles. The molecule has 2 aliphatic heterocycles. The maximum absolute atomic E-state index is 13.6. The van der Waals surface area contributed by atoms with Crippen molar-refractivity contribution in [2.75, 3.05) is 26.7 Å². The number of rotatable bonds is 5. The van der Waals surface area contributed by atoms with Gasteiger partial charge in [-0.25, -0.2) is 13.4 Å². The predicted molar refractivity (Wildman–Crippen MR) is 132 cm³/mol. The van der Waals surface area contributed by atoms with E-state index in [0.717, 1.165) is 41.0 Å². The van der Waals surface area contributed by atoms with Gasteiger partial charge in [0, 0.05) is 25.6 Å². The number of benzene rings is 2. The van der Waals surface area contributed by atoms with Gasteiger partial charge in [-0.3, -0.25) is 4.79 Å². The van der Waals surface area contributed by atoms with Crippen molar-refractivity contribution in [2.45, 2.75) is 43.0 Å². The van der Waals surface area contributed by atoms with Crippen LogP contribution < -0.4 is 4.74 Å². The second kappa shape index (κ2) is 9.64. The Morgan fingerprint density at radius 2 is 1.74 bits per heavy atom. The number of carbonyl (C=O) groups excluding carboxylic acids is 1. The minimum atomic E-state index is -3.59. The number of carbonyl (C=O) groups is 1. The highest BCUT2D eigenvalue weighted by atomic mass is 32.2. The van der Waals surface area contributed by atoms with Gasteiger partial charge in [-0.05, 0) is 68.5 Å². The smallest absolute Gasteiger partial charge is 0.243 e. The zero-order valence-corrected chi connectivity index (χ0v) is 20.9. The molecule has 1 unspecified atom stereocenters. The van der Waals surface area contributed by atoms with Crippen molar-refractivity contribution >= 4 is 37.5 Å². The van der Waals surface area contributed by atoms with E-state index in [-0.39, 0.29) is 22.8 Å². The van der Waals surface area contributed by atoms with Crippen LogP contribution in [-0.2, 0) is 14.8 Å². The molecule has 0 bridgehead atoms. The first-order valence-electron chi connectivity index (χ1n) is 11.8. The first kappa shape index (κ1) is 23.3. The third-order valence-electron chi connectivity index (χ3n) is 6.88. The quantitative estimate of drug-likeness (QED) is 0.518. The Labute approximate surface area is 204 Å². The van der Waals surface area contributed by atoms with E-state index in [2.05, 4.69) is 6.07 Å². The highest BCUT2D eigenvalue weighted by Crippen LogP contribution is 2.37. The third kappa shape index (κ3) is 4.44. The first-order valence-corrected chi connectivity index (χ1v) is 14.0. The summed E-state index contributed by atoms with van der Waals surface area (Å²) in [6.07, 6.45) is 4.09. The van der Waals surface area contributed by atoms with Crippen molar-refractivity contribution in [3.05, 3.63) is 53.5 Å². The van der Waals surface area contributed by atoms with Gasteiger partial charge in [0.25, 0.3) is 0 Å². The molecule has 2 aromatic carbocycles. The van der Waals surface area contributed by atoms with Crippen LogP contribution in [0.2, 0.25) is 0 Å². The normalized spacial score (nSPS) is 20.5. The number of aromatic nitrogens is 1. The van der Waals surface area contributed by atoms with E-state index in [1.807, 2.05) is 23.1 Å². The van der Waals surface area contributed by atoms with E-state index in [9.17, 15) is 13.2 Å². The summed E-state index contributed by atoms with van der Waals surface area (Å²) in [4.78, 5) is 20.7. The summed E-state index contributed by atoms with van der Waals surface area (Å²) in [5, 5.41) is 1.01. The maximum atomic E-state index is 13.6. The number of sulfonamides is 1. The molecule has 1 atom stereocenters. The topological polar surface area (TPSA) is 79.8 Å². The predicted octanol–water partition coefficient (Wildman–Crippen LogP) is 4.46.